The average Bonchev–Trinajstić information content (AvgIpc) is 2.49. The Labute approximate surface area is 122 Å². The third-order valence-electron chi connectivity index (χ3n) is 3.32. The highest BCUT2D eigenvalue weighted by Gasteiger charge is 2.16. The standard InChI is InChI=1S/C17H26O3/c1-4-6-7-8-16(18)17(5-2)20-13-14-9-11-15(19-3)12-10-14/h5,9-12,16-18H,2,4,6-8,13H2,1,3H3/t16-,17-/m1/s1. The summed E-state index contributed by atoms with van der Waals surface area (Å²) in [6.07, 6.45) is 4.96. The van der Waals surface area contributed by atoms with E-state index in [1.54, 1.807) is 13.2 Å². The zero-order valence-corrected chi connectivity index (χ0v) is 12.5. The third-order valence-corrected chi connectivity index (χ3v) is 3.32. The maximum absolute atomic E-state index is 10.1. The quantitative estimate of drug-likeness (QED) is 0.524. The Morgan fingerprint density at radius 1 is 1.25 bits per heavy atom. The molecule has 0 amide bonds. The van der Waals surface area contributed by atoms with E-state index in [1.807, 2.05) is 24.3 Å². The number of methoxy groups -OCH3 is 1. The van der Waals surface area contributed by atoms with Gasteiger partial charge in [-0.15, -0.1) is 6.58 Å². The first kappa shape index (κ1) is 16.7. The van der Waals surface area contributed by atoms with Crippen LogP contribution in [0.3, 0.4) is 0 Å². The molecule has 1 aromatic rings. The molecule has 3 heteroatoms. The van der Waals surface area contributed by atoms with Crippen molar-refractivity contribution >= 4 is 0 Å². The molecule has 20 heavy (non-hydrogen) atoms. The molecule has 2 atom stereocenters. The van der Waals surface area contributed by atoms with Gasteiger partial charge in [0, 0.05) is 0 Å². The molecule has 0 aliphatic carbocycles. The van der Waals surface area contributed by atoms with Crippen LogP contribution in [0.4, 0.5) is 0 Å². The van der Waals surface area contributed by atoms with E-state index in [-0.39, 0.29) is 6.10 Å². The van der Waals surface area contributed by atoms with Crippen LogP contribution in [0.5, 0.6) is 5.75 Å². The van der Waals surface area contributed by atoms with Crippen LogP contribution in [0.1, 0.15) is 38.2 Å². The highest BCUT2D eigenvalue weighted by molar-refractivity contribution is 5.26. The van der Waals surface area contributed by atoms with Crippen molar-refractivity contribution in [2.45, 2.75) is 51.4 Å². The smallest absolute Gasteiger partial charge is 0.118 e. The molecule has 0 heterocycles. The van der Waals surface area contributed by atoms with Gasteiger partial charge in [-0.25, -0.2) is 0 Å². The van der Waals surface area contributed by atoms with Gasteiger partial charge < -0.3 is 14.6 Å². The predicted octanol–water partition coefficient (Wildman–Crippen LogP) is 3.71. The van der Waals surface area contributed by atoms with Gasteiger partial charge in [0.1, 0.15) is 11.9 Å². The maximum atomic E-state index is 10.1. The molecule has 1 N–H and O–H groups in total. The lowest BCUT2D eigenvalue weighted by molar-refractivity contribution is -0.0223. The second-order valence-electron chi connectivity index (χ2n) is 4.92. The van der Waals surface area contributed by atoms with Crippen LogP contribution in [-0.2, 0) is 11.3 Å². The Bertz CT molecular complexity index is 372. The minimum atomic E-state index is -0.475. The molecule has 1 aromatic carbocycles. The Morgan fingerprint density at radius 2 is 1.95 bits per heavy atom. The fourth-order valence-corrected chi connectivity index (χ4v) is 2.02. The van der Waals surface area contributed by atoms with Crippen molar-refractivity contribution in [2.24, 2.45) is 0 Å². The number of aliphatic hydroxyl groups excluding tert-OH is 1. The summed E-state index contributed by atoms with van der Waals surface area (Å²) in [6.45, 7) is 6.36. The normalized spacial score (nSPS) is 13.8. The van der Waals surface area contributed by atoms with Crippen LogP contribution in [0.2, 0.25) is 0 Å². The third kappa shape index (κ3) is 5.76. The summed E-state index contributed by atoms with van der Waals surface area (Å²) in [5, 5.41) is 10.1. The van der Waals surface area contributed by atoms with Crippen molar-refractivity contribution in [3.63, 3.8) is 0 Å². The molecule has 0 saturated carbocycles. The van der Waals surface area contributed by atoms with Crippen LogP contribution >= 0.6 is 0 Å². The first-order valence-electron chi connectivity index (χ1n) is 7.26. The fourth-order valence-electron chi connectivity index (χ4n) is 2.02. The van der Waals surface area contributed by atoms with E-state index in [0.717, 1.165) is 37.0 Å². The number of benzene rings is 1. The van der Waals surface area contributed by atoms with Gasteiger partial charge in [-0.3, -0.25) is 0 Å². The van der Waals surface area contributed by atoms with E-state index in [4.69, 9.17) is 9.47 Å². The van der Waals surface area contributed by atoms with Gasteiger partial charge in [0.2, 0.25) is 0 Å². The van der Waals surface area contributed by atoms with E-state index in [1.165, 1.54) is 0 Å². The first-order valence-corrected chi connectivity index (χ1v) is 7.26. The van der Waals surface area contributed by atoms with E-state index in [2.05, 4.69) is 13.5 Å². The van der Waals surface area contributed by atoms with Gasteiger partial charge in [-0.1, -0.05) is 44.4 Å². The number of rotatable bonds is 10. The molecule has 0 radical (unpaired) electrons. The second kappa shape index (κ2) is 9.56. The molecule has 112 valence electrons. The monoisotopic (exact) mass is 278 g/mol. The Morgan fingerprint density at radius 3 is 2.50 bits per heavy atom. The molecule has 0 aromatic heterocycles. The molecule has 0 bridgehead atoms. The molecular weight excluding hydrogens is 252 g/mol. The zero-order valence-electron chi connectivity index (χ0n) is 12.5. The SMILES string of the molecule is C=C[C@@H](OCc1ccc(OC)cc1)[C@H](O)CCCCC. The van der Waals surface area contributed by atoms with Crippen LogP contribution < -0.4 is 4.74 Å². The molecule has 0 aliphatic heterocycles. The molecule has 0 spiro atoms. The van der Waals surface area contributed by atoms with E-state index >= 15 is 0 Å². The van der Waals surface area contributed by atoms with Crippen molar-refractivity contribution in [1.29, 1.82) is 0 Å². The van der Waals surface area contributed by atoms with Crippen LogP contribution in [0, 0.1) is 0 Å². The second-order valence-corrected chi connectivity index (χ2v) is 4.92. The van der Waals surface area contributed by atoms with Gasteiger partial charge in [0.15, 0.2) is 0 Å². The number of hydrogen-bond donors (Lipinski definition) is 1. The summed E-state index contributed by atoms with van der Waals surface area (Å²) < 4.78 is 10.8. The van der Waals surface area contributed by atoms with Crippen LogP contribution in [0.15, 0.2) is 36.9 Å². The summed E-state index contributed by atoms with van der Waals surface area (Å²) in [5.41, 5.74) is 1.05. The summed E-state index contributed by atoms with van der Waals surface area (Å²) in [6, 6.07) is 7.73. The van der Waals surface area contributed by atoms with Crippen molar-refractivity contribution in [3.05, 3.63) is 42.5 Å². The molecule has 3 nitrogen and oxygen atoms in total. The molecule has 0 aliphatic rings. The molecule has 0 fully saturated rings. The minimum Gasteiger partial charge on any atom is -0.497 e. The number of unbranched alkanes of at least 4 members (excludes halogenated alkanes) is 2. The van der Waals surface area contributed by atoms with Crippen molar-refractivity contribution < 1.29 is 14.6 Å². The topological polar surface area (TPSA) is 38.7 Å². The lowest BCUT2D eigenvalue weighted by Gasteiger charge is -2.20. The lowest BCUT2D eigenvalue weighted by Crippen LogP contribution is -2.26. The molecule has 0 saturated heterocycles. The Kier molecular flexibility index (Phi) is 8.00. The summed E-state index contributed by atoms with van der Waals surface area (Å²) in [7, 11) is 1.64. The molecule has 0 unspecified atom stereocenters. The van der Waals surface area contributed by atoms with Crippen molar-refractivity contribution in [1.82, 2.24) is 0 Å². The predicted molar refractivity (Wildman–Crippen MR) is 81.9 cm³/mol. The highest BCUT2D eigenvalue weighted by atomic mass is 16.5. The summed E-state index contributed by atoms with van der Waals surface area (Å²) in [4.78, 5) is 0. The van der Waals surface area contributed by atoms with E-state index in [0.29, 0.717) is 6.61 Å². The minimum absolute atomic E-state index is 0.311. The van der Waals surface area contributed by atoms with Crippen molar-refractivity contribution in [2.75, 3.05) is 7.11 Å². The molecular formula is C17H26O3. The number of hydrogen-bond acceptors (Lipinski definition) is 3. The zero-order chi connectivity index (χ0) is 14.8. The highest BCUT2D eigenvalue weighted by Crippen LogP contribution is 2.15. The van der Waals surface area contributed by atoms with Gasteiger partial charge in [-0.05, 0) is 24.1 Å². The summed E-state index contributed by atoms with van der Waals surface area (Å²) in [5.74, 6) is 0.827. The Hall–Kier alpha value is -1.32. The Balaban J connectivity index is 2.41. The lowest BCUT2D eigenvalue weighted by atomic mass is 10.1. The first-order chi connectivity index (χ1) is 9.71. The van der Waals surface area contributed by atoms with Crippen molar-refractivity contribution in [3.8, 4) is 5.75 Å². The van der Waals surface area contributed by atoms with E-state index < -0.39 is 6.10 Å². The number of ether oxygens (including phenoxy) is 2. The maximum Gasteiger partial charge on any atom is 0.118 e. The number of aliphatic hydroxyl groups is 1. The largest absolute Gasteiger partial charge is 0.497 e. The van der Waals surface area contributed by atoms with E-state index in [9.17, 15) is 5.11 Å². The van der Waals surface area contributed by atoms with Gasteiger partial charge in [-0.2, -0.15) is 0 Å². The van der Waals surface area contributed by atoms with Crippen LogP contribution in [0.25, 0.3) is 0 Å². The fraction of sp³-hybridized carbons (Fsp3) is 0.529. The van der Waals surface area contributed by atoms with Crippen LogP contribution in [-0.4, -0.2) is 24.4 Å². The van der Waals surface area contributed by atoms with Gasteiger partial charge >= 0.3 is 0 Å². The molecule has 1 rings (SSSR count). The average molecular weight is 278 g/mol. The van der Waals surface area contributed by atoms with Gasteiger partial charge in [0.05, 0.1) is 19.8 Å². The summed E-state index contributed by atoms with van der Waals surface area (Å²) >= 11 is 0. The van der Waals surface area contributed by atoms with Gasteiger partial charge in [0.25, 0.3) is 0 Å².